The number of amides is 1. The normalized spacial score (nSPS) is 20.4. The largest absolute Gasteiger partial charge is 0.396 e. The highest BCUT2D eigenvalue weighted by Gasteiger charge is 2.22. The molecule has 1 fully saturated rings. The number of nitrogen functional groups attached to an aromatic ring is 1. The molecule has 3 N–H and O–H groups in total. The number of ether oxygens (including phenoxy) is 2. The summed E-state index contributed by atoms with van der Waals surface area (Å²) in [6, 6.07) is 1.64. The molecule has 1 aliphatic rings. The van der Waals surface area contributed by atoms with Crippen LogP contribution in [0, 0.1) is 0 Å². The van der Waals surface area contributed by atoms with Crippen molar-refractivity contribution in [2.24, 2.45) is 0 Å². The van der Waals surface area contributed by atoms with E-state index in [-0.39, 0.29) is 12.5 Å². The van der Waals surface area contributed by atoms with Crippen molar-refractivity contribution in [2.45, 2.75) is 6.10 Å². The van der Waals surface area contributed by atoms with Crippen LogP contribution in [-0.4, -0.2) is 36.8 Å². The number of rotatable bonds is 2. The Morgan fingerprint density at radius 1 is 1.56 bits per heavy atom. The van der Waals surface area contributed by atoms with Crippen molar-refractivity contribution in [3.63, 3.8) is 0 Å². The third-order valence-electron chi connectivity index (χ3n) is 2.22. The van der Waals surface area contributed by atoms with Gasteiger partial charge < -0.3 is 20.5 Å². The van der Waals surface area contributed by atoms with Gasteiger partial charge in [0.1, 0.15) is 0 Å². The monoisotopic (exact) mass is 223 g/mol. The molecule has 0 spiro atoms. The zero-order valence-electron chi connectivity index (χ0n) is 8.68. The van der Waals surface area contributed by atoms with Crippen molar-refractivity contribution < 1.29 is 14.3 Å². The van der Waals surface area contributed by atoms with E-state index in [1.807, 2.05) is 0 Å². The number of nitrogens with zero attached hydrogens (tertiary/aromatic N) is 1. The quantitative estimate of drug-likeness (QED) is 0.738. The molecule has 0 bridgehead atoms. The van der Waals surface area contributed by atoms with Crippen LogP contribution in [0.3, 0.4) is 0 Å². The van der Waals surface area contributed by atoms with Crippen LogP contribution in [0.2, 0.25) is 0 Å². The molecule has 1 amide bonds. The first-order chi connectivity index (χ1) is 7.77. The summed E-state index contributed by atoms with van der Waals surface area (Å²) in [5.41, 5.74) is 6.61. The number of hydrogen-bond acceptors (Lipinski definition) is 5. The standard InChI is InChI=1S/C10H13N3O3/c11-7-5-12-2-1-8(7)13-10(14)9-6-15-3-4-16-9/h1-2,5,9H,3-4,6,11H2,(H,12,13,14). The molecule has 1 unspecified atom stereocenters. The molecule has 1 aliphatic heterocycles. The van der Waals surface area contributed by atoms with Gasteiger partial charge in [-0.3, -0.25) is 9.78 Å². The Kier molecular flexibility index (Phi) is 3.33. The van der Waals surface area contributed by atoms with Gasteiger partial charge in [-0.1, -0.05) is 0 Å². The van der Waals surface area contributed by atoms with E-state index >= 15 is 0 Å². The Labute approximate surface area is 92.7 Å². The molecule has 1 saturated heterocycles. The van der Waals surface area contributed by atoms with Crippen LogP contribution in [0.15, 0.2) is 18.5 Å². The molecule has 1 atom stereocenters. The minimum Gasteiger partial charge on any atom is -0.396 e. The van der Waals surface area contributed by atoms with Crippen molar-refractivity contribution in [1.82, 2.24) is 4.98 Å². The molecule has 6 nitrogen and oxygen atoms in total. The van der Waals surface area contributed by atoms with Crippen molar-refractivity contribution in [2.75, 3.05) is 30.9 Å². The van der Waals surface area contributed by atoms with Gasteiger partial charge in [0, 0.05) is 6.20 Å². The van der Waals surface area contributed by atoms with Gasteiger partial charge in [-0.25, -0.2) is 0 Å². The van der Waals surface area contributed by atoms with E-state index < -0.39 is 6.10 Å². The second-order valence-corrected chi connectivity index (χ2v) is 3.39. The number of carbonyl (C=O) groups excluding carboxylic acids is 1. The predicted molar refractivity (Wildman–Crippen MR) is 57.8 cm³/mol. The number of hydrogen-bond donors (Lipinski definition) is 2. The lowest BCUT2D eigenvalue weighted by Crippen LogP contribution is -2.39. The Morgan fingerprint density at radius 2 is 2.44 bits per heavy atom. The van der Waals surface area contributed by atoms with Crippen LogP contribution >= 0.6 is 0 Å². The summed E-state index contributed by atoms with van der Waals surface area (Å²) in [6.07, 6.45) is 2.47. The molecular weight excluding hydrogens is 210 g/mol. The van der Waals surface area contributed by atoms with E-state index in [4.69, 9.17) is 15.2 Å². The topological polar surface area (TPSA) is 86.5 Å². The van der Waals surface area contributed by atoms with Gasteiger partial charge in [-0.2, -0.15) is 0 Å². The Hall–Kier alpha value is -1.66. The SMILES string of the molecule is Nc1cnccc1NC(=O)C1COCCO1. The predicted octanol–water partition coefficient (Wildman–Crippen LogP) is 0.0177. The van der Waals surface area contributed by atoms with Crippen LogP contribution in [-0.2, 0) is 14.3 Å². The van der Waals surface area contributed by atoms with Crippen LogP contribution in [0.5, 0.6) is 0 Å². The summed E-state index contributed by atoms with van der Waals surface area (Å²) >= 11 is 0. The number of nitrogens with two attached hydrogens (primary N) is 1. The van der Waals surface area contributed by atoms with E-state index in [0.717, 1.165) is 0 Å². The fourth-order valence-electron chi connectivity index (χ4n) is 1.37. The van der Waals surface area contributed by atoms with Crippen LogP contribution < -0.4 is 11.1 Å². The summed E-state index contributed by atoms with van der Waals surface area (Å²) < 4.78 is 10.4. The zero-order valence-corrected chi connectivity index (χ0v) is 8.68. The van der Waals surface area contributed by atoms with Crippen molar-refractivity contribution in [1.29, 1.82) is 0 Å². The lowest BCUT2D eigenvalue weighted by Gasteiger charge is -2.22. The Morgan fingerprint density at radius 3 is 3.12 bits per heavy atom. The molecule has 86 valence electrons. The maximum atomic E-state index is 11.7. The minimum absolute atomic E-state index is 0.252. The minimum atomic E-state index is -0.568. The summed E-state index contributed by atoms with van der Waals surface area (Å²) in [7, 11) is 0. The van der Waals surface area contributed by atoms with Gasteiger partial charge in [0.05, 0.1) is 37.4 Å². The molecule has 0 saturated carbocycles. The van der Waals surface area contributed by atoms with E-state index in [2.05, 4.69) is 10.3 Å². The van der Waals surface area contributed by atoms with Crippen molar-refractivity contribution in [3.05, 3.63) is 18.5 Å². The molecule has 1 aromatic rings. The number of anilines is 2. The maximum absolute atomic E-state index is 11.7. The fourth-order valence-corrected chi connectivity index (χ4v) is 1.37. The first-order valence-corrected chi connectivity index (χ1v) is 4.97. The molecule has 0 aromatic carbocycles. The summed E-state index contributed by atoms with van der Waals surface area (Å²) in [6.45, 7) is 1.24. The van der Waals surface area contributed by atoms with Crippen molar-refractivity contribution >= 4 is 17.3 Å². The van der Waals surface area contributed by atoms with Gasteiger partial charge in [-0.15, -0.1) is 0 Å². The van der Waals surface area contributed by atoms with Crippen molar-refractivity contribution in [3.8, 4) is 0 Å². The average Bonchev–Trinajstić information content (AvgIpc) is 2.33. The third kappa shape index (κ3) is 2.47. The van der Waals surface area contributed by atoms with E-state index in [9.17, 15) is 4.79 Å². The average molecular weight is 223 g/mol. The molecule has 1 aromatic heterocycles. The van der Waals surface area contributed by atoms with E-state index in [0.29, 0.717) is 24.6 Å². The number of aromatic nitrogens is 1. The number of nitrogens with one attached hydrogen (secondary N) is 1. The fraction of sp³-hybridized carbons (Fsp3) is 0.400. The van der Waals surface area contributed by atoms with Crippen LogP contribution in [0.25, 0.3) is 0 Å². The lowest BCUT2D eigenvalue weighted by atomic mass is 10.3. The second kappa shape index (κ2) is 4.91. The smallest absolute Gasteiger partial charge is 0.255 e. The van der Waals surface area contributed by atoms with Gasteiger partial charge in [0.2, 0.25) is 0 Å². The lowest BCUT2D eigenvalue weighted by molar-refractivity contribution is -0.142. The highest BCUT2D eigenvalue weighted by molar-refractivity contribution is 5.96. The highest BCUT2D eigenvalue weighted by atomic mass is 16.6. The Balaban J connectivity index is 1.99. The maximum Gasteiger partial charge on any atom is 0.255 e. The van der Waals surface area contributed by atoms with Crippen LogP contribution in [0.4, 0.5) is 11.4 Å². The highest BCUT2D eigenvalue weighted by Crippen LogP contribution is 2.16. The molecule has 0 radical (unpaired) electrons. The molecule has 6 heteroatoms. The third-order valence-corrected chi connectivity index (χ3v) is 2.22. The van der Waals surface area contributed by atoms with Crippen LogP contribution in [0.1, 0.15) is 0 Å². The number of pyridine rings is 1. The summed E-state index contributed by atoms with van der Waals surface area (Å²) in [5, 5.41) is 2.67. The zero-order chi connectivity index (χ0) is 11.4. The van der Waals surface area contributed by atoms with E-state index in [1.54, 1.807) is 12.3 Å². The molecule has 2 rings (SSSR count). The molecule has 16 heavy (non-hydrogen) atoms. The first-order valence-electron chi connectivity index (χ1n) is 4.97. The molecule has 2 heterocycles. The summed E-state index contributed by atoms with van der Waals surface area (Å²) in [4.78, 5) is 15.6. The van der Waals surface area contributed by atoms with Gasteiger partial charge >= 0.3 is 0 Å². The summed E-state index contributed by atoms with van der Waals surface area (Å²) in [5.74, 6) is -0.252. The first kappa shape index (κ1) is 10.8. The van der Waals surface area contributed by atoms with E-state index in [1.165, 1.54) is 6.20 Å². The second-order valence-electron chi connectivity index (χ2n) is 3.39. The van der Waals surface area contributed by atoms with Gasteiger partial charge in [0.25, 0.3) is 5.91 Å². The molecular formula is C10H13N3O3. The Bertz CT molecular complexity index is 377. The number of carbonyl (C=O) groups is 1. The molecule has 0 aliphatic carbocycles. The van der Waals surface area contributed by atoms with Gasteiger partial charge in [-0.05, 0) is 6.07 Å². The van der Waals surface area contributed by atoms with Gasteiger partial charge in [0.15, 0.2) is 6.10 Å².